The van der Waals surface area contributed by atoms with Crippen LogP contribution in [0.15, 0.2) is 30.6 Å². The van der Waals surface area contributed by atoms with Gasteiger partial charge >= 0.3 is 0 Å². The predicted octanol–water partition coefficient (Wildman–Crippen LogP) is 2.17. The number of nitrogens with zero attached hydrogens (tertiary/aromatic N) is 1. The molecule has 0 radical (unpaired) electrons. The Kier molecular flexibility index (Phi) is 3.23. The van der Waals surface area contributed by atoms with Crippen LogP contribution < -0.4 is 5.32 Å². The molecule has 0 aliphatic rings. The number of nitrogens with one attached hydrogen (secondary N) is 2. The van der Waals surface area contributed by atoms with E-state index >= 15 is 0 Å². The Hall–Kier alpha value is -2.43. The normalized spacial score (nSPS) is 10.1. The highest BCUT2D eigenvalue weighted by Gasteiger charge is 2.12. The summed E-state index contributed by atoms with van der Waals surface area (Å²) in [6.07, 6.45) is 3.13. The van der Waals surface area contributed by atoms with Gasteiger partial charge in [0.05, 0.1) is 0 Å². The molecule has 0 spiro atoms. The molecule has 0 fully saturated rings. The van der Waals surface area contributed by atoms with Crippen LogP contribution in [0.25, 0.3) is 0 Å². The van der Waals surface area contributed by atoms with Crippen molar-refractivity contribution in [2.24, 2.45) is 0 Å². The number of H-pyrrole nitrogens is 1. The molecule has 5 heteroatoms. The first kappa shape index (κ1) is 12.0. The molecule has 2 N–H and O–H groups in total. The summed E-state index contributed by atoms with van der Waals surface area (Å²) in [5, 5.41) is 2.69. The second-order valence-electron chi connectivity index (χ2n) is 3.98. The van der Waals surface area contributed by atoms with Crippen LogP contribution in [-0.4, -0.2) is 21.7 Å². The molecule has 0 aliphatic carbocycles. The SMILES string of the molecule is CC(=O)c1c[nH]c(C(=O)Nc2ncccc2C)c1. The topological polar surface area (TPSA) is 74.8 Å². The van der Waals surface area contributed by atoms with E-state index in [-0.39, 0.29) is 11.7 Å². The molecule has 0 aromatic carbocycles. The highest BCUT2D eigenvalue weighted by molar-refractivity contribution is 6.05. The number of aromatic amines is 1. The van der Waals surface area contributed by atoms with Crippen LogP contribution in [0.1, 0.15) is 33.3 Å². The fourth-order valence-corrected chi connectivity index (χ4v) is 1.52. The van der Waals surface area contributed by atoms with Crippen LogP contribution in [0.2, 0.25) is 0 Å². The molecule has 2 aromatic heterocycles. The molecule has 18 heavy (non-hydrogen) atoms. The van der Waals surface area contributed by atoms with Crippen LogP contribution in [0.5, 0.6) is 0 Å². The maximum atomic E-state index is 11.9. The minimum Gasteiger partial charge on any atom is -0.356 e. The number of aryl methyl sites for hydroxylation is 1. The van der Waals surface area contributed by atoms with Crippen molar-refractivity contribution in [3.8, 4) is 0 Å². The van der Waals surface area contributed by atoms with Gasteiger partial charge in [0.1, 0.15) is 11.5 Å². The Morgan fingerprint density at radius 3 is 2.78 bits per heavy atom. The van der Waals surface area contributed by atoms with Crippen molar-refractivity contribution in [2.45, 2.75) is 13.8 Å². The predicted molar refractivity (Wildman–Crippen MR) is 67.7 cm³/mol. The van der Waals surface area contributed by atoms with Crippen LogP contribution in [0.3, 0.4) is 0 Å². The molecule has 0 atom stereocenters. The zero-order valence-corrected chi connectivity index (χ0v) is 10.2. The quantitative estimate of drug-likeness (QED) is 0.811. The van der Waals surface area contributed by atoms with E-state index in [1.165, 1.54) is 19.2 Å². The molecule has 2 aromatic rings. The van der Waals surface area contributed by atoms with Gasteiger partial charge < -0.3 is 10.3 Å². The molecule has 1 amide bonds. The van der Waals surface area contributed by atoms with Gasteiger partial charge in [-0.15, -0.1) is 0 Å². The number of anilines is 1. The van der Waals surface area contributed by atoms with Gasteiger partial charge in [0.25, 0.3) is 5.91 Å². The molecule has 2 heterocycles. The molecule has 0 bridgehead atoms. The minimum atomic E-state index is -0.315. The van der Waals surface area contributed by atoms with E-state index in [0.717, 1.165) is 5.56 Å². The lowest BCUT2D eigenvalue weighted by molar-refractivity contribution is 0.101. The van der Waals surface area contributed by atoms with E-state index in [2.05, 4.69) is 15.3 Å². The summed E-state index contributed by atoms with van der Waals surface area (Å²) in [7, 11) is 0. The third kappa shape index (κ3) is 2.45. The van der Waals surface area contributed by atoms with Gasteiger partial charge in [0.15, 0.2) is 5.78 Å². The number of rotatable bonds is 3. The number of carbonyl (C=O) groups is 2. The minimum absolute atomic E-state index is 0.0840. The lowest BCUT2D eigenvalue weighted by Gasteiger charge is -2.05. The maximum absolute atomic E-state index is 11.9. The third-order valence-electron chi connectivity index (χ3n) is 2.58. The van der Waals surface area contributed by atoms with Gasteiger partial charge in [0.2, 0.25) is 0 Å². The Morgan fingerprint density at radius 2 is 2.17 bits per heavy atom. The van der Waals surface area contributed by atoms with E-state index in [1.807, 2.05) is 13.0 Å². The first-order valence-electron chi connectivity index (χ1n) is 5.50. The van der Waals surface area contributed by atoms with Gasteiger partial charge in [-0.05, 0) is 31.5 Å². The number of hydrogen-bond acceptors (Lipinski definition) is 3. The van der Waals surface area contributed by atoms with E-state index in [4.69, 9.17) is 0 Å². The number of carbonyl (C=O) groups excluding carboxylic acids is 2. The largest absolute Gasteiger partial charge is 0.356 e. The number of aromatic nitrogens is 2. The highest BCUT2D eigenvalue weighted by atomic mass is 16.2. The van der Waals surface area contributed by atoms with Crippen molar-refractivity contribution < 1.29 is 9.59 Å². The van der Waals surface area contributed by atoms with Gasteiger partial charge in [-0.2, -0.15) is 0 Å². The van der Waals surface area contributed by atoms with Crippen LogP contribution in [0, 0.1) is 6.92 Å². The number of hydrogen-bond donors (Lipinski definition) is 2. The van der Waals surface area contributed by atoms with Crippen molar-refractivity contribution in [1.82, 2.24) is 9.97 Å². The van der Waals surface area contributed by atoms with E-state index in [1.54, 1.807) is 12.3 Å². The van der Waals surface area contributed by atoms with Crippen molar-refractivity contribution in [1.29, 1.82) is 0 Å². The van der Waals surface area contributed by atoms with Crippen LogP contribution in [-0.2, 0) is 0 Å². The summed E-state index contributed by atoms with van der Waals surface area (Å²) < 4.78 is 0. The van der Waals surface area contributed by atoms with Gasteiger partial charge in [-0.25, -0.2) is 4.98 Å². The zero-order valence-electron chi connectivity index (χ0n) is 10.2. The summed E-state index contributed by atoms with van der Waals surface area (Å²) in [6, 6.07) is 5.18. The standard InChI is InChI=1S/C13H13N3O2/c1-8-4-3-5-14-12(8)16-13(18)11-6-10(7-15-11)9(2)17/h3-7,15H,1-2H3,(H,14,16,18). The van der Waals surface area contributed by atoms with E-state index < -0.39 is 0 Å². The van der Waals surface area contributed by atoms with Gasteiger partial charge in [-0.3, -0.25) is 9.59 Å². The molecule has 0 aliphatic heterocycles. The van der Waals surface area contributed by atoms with Crippen LogP contribution >= 0.6 is 0 Å². The Bertz CT molecular complexity index is 602. The Balaban J connectivity index is 2.17. The molecule has 0 unspecified atom stereocenters. The average molecular weight is 243 g/mol. The maximum Gasteiger partial charge on any atom is 0.273 e. The first-order valence-corrected chi connectivity index (χ1v) is 5.50. The zero-order chi connectivity index (χ0) is 13.1. The summed E-state index contributed by atoms with van der Waals surface area (Å²) in [5.74, 6) is 0.116. The fourth-order valence-electron chi connectivity index (χ4n) is 1.52. The summed E-state index contributed by atoms with van der Waals surface area (Å²) in [4.78, 5) is 29.9. The van der Waals surface area contributed by atoms with E-state index in [0.29, 0.717) is 17.1 Å². The number of Topliss-reactive ketones (excluding diaryl/α,β-unsaturated/α-hetero) is 1. The molecule has 92 valence electrons. The van der Waals surface area contributed by atoms with Gasteiger partial charge in [0, 0.05) is 18.0 Å². The number of ketones is 1. The molecule has 2 rings (SSSR count). The van der Waals surface area contributed by atoms with Crippen molar-refractivity contribution in [3.63, 3.8) is 0 Å². The molecule has 0 saturated heterocycles. The molecular formula is C13H13N3O2. The van der Waals surface area contributed by atoms with Gasteiger partial charge in [-0.1, -0.05) is 6.07 Å². The fraction of sp³-hybridized carbons (Fsp3) is 0.154. The highest BCUT2D eigenvalue weighted by Crippen LogP contribution is 2.11. The van der Waals surface area contributed by atoms with Crippen molar-refractivity contribution in [2.75, 3.05) is 5.32 Å². The summed E-state index contributed by atoms with van der Waals surface area (Å²) in [6.45, 7) is 3.31. The smallest absolute Gasteiger partial charge is 0.273 e. The average Bonchev–Trinajstić information content (AvgIpc) is 2.81. The lowest BCUT2D eigenvalue weighted by Crippen LogP contribution is -2.14. The molecular weight excluding hydrogens is 230 g/mol. The summed E-state index contributed by atoms with van der Waals surface area (Å²) in [5.41, 5.74) is 1.70. The summed E-state index contributed by atoms with van der Waals surface area (Å²) >= 11 is 0. The van der Waals surface area contributed by atoms with Crippen molar-refractivity contribution >= 4 is 17.5 Å². The Labute approximate surface area is 104 Å². The molecule has 0 saturated carbocycles. The number of amides is 1. The molecule has 5 nitrogen and oxygen atoms in total. The van der Waals surface area contributed by atoms with E-state index in [9.17, 15) is 9.59 Å². The second-order valence-corrected chi connectivity index (χ2v) is 3.98. The monoisotopic (exact) mass is 243 g/mol. The van der Waals surface area contributed by atoms with Crippen LogP contribution in [0.4, 0.5) is 5.82 Å². The second kappa shape index (κ2) is 4.83. The first-order chi connectivity index (χ1) is 8.58. The Morgan fingerprint density at radius 1 is 1.39 bits per heavy atom. The third-order valence-corrected chi connectivity index (χ3v) is 2.58. The number of pyridine rings is 1. The lowest BCUT2D eigenvalue weighted by atomic mass is 10.2. The van der Waals surface area contributed by atoms with Crippen molar-refractivity contribution in [3.05, 3.63) is 47.4 Å².